The van der Waals surface area contributed by atoms with Crippen LogP contribution in [0, 0.1) is 11.7 Å². The van der Waals surface area contributed by atoms with Crippen LogP contribution in [-0.2, 0) is 13.6 Å². The van der Waals surface area contributed by atoms with E-state index in [9.17, 15) is 9.18 Å². The van der Waals surface area contributed by atoms with Crippen LogP contribution in [0.5, 0.6) is 11.6 Å². The Bertz CT molecular complexity index is 1270. The third-order valence-corrected chi connectivity index (χ3v) is 5.39. The number of hydrogen-bond donors (Lipinski definition) is 0. The van der Waals surface area contributed by atoms with E-state index in [1.54, 1.807) is 17.7 Å². The number of rotatable bonds is 5. The van der Waals surface area contributed by atoms with Crippen LogP contribution in [0.4, 0.5) is 4.39 Å². The van der Waals surface area contributed by atoms with Gasteiger partial charge in [-0.1, -0.05) is 18.2 Å². The van der Waals surface area contributed by atoms with Crippen molar-refractivity contribution in [1.29, 1.82) is 0 Å². The molecule has 146 valence electrons. The van der Waals surface area contributed by atoms with Crippen LogP contribution in [-0.4, -0.2) is 14.1 Å². The van der Waals surface area contributed by atoms with E-state index in [0.717, 1.165) is 28.7 Å². The van der Waals surface area contributed by atoms with Crippen LogP contribution in [0.3, 0.4) is 0 Å². The molecule has 1 aliphatic carbocycles. The van der Waals surface area contributed by atoms with Gasteiger partial charge < -0.3 is 4.74 Å². The molecule has 1 fully saturated rings. The number of halogens is 1. The second-order valence-corrected chi connectivity index (χ2v) is 7.52. The standard InChI is InChI=1S/C23H20FN3O2/c1-26-21-13-17(9-10-20(21)27(23(26)28)14-15-7-8-15)16-4-2-5-18(12-16)29-22-19(24)6-3-11-25-22/h2-6,9-13,15H,7-8,14H2,1H3. The van der Waals surface area contributed by atoms with E-state index in [1.807, 2.05) is 41.0 Å². The summed E-state index contributed by atoms with van der Waals surface area (Å²) >= 11 is 0. The number of aromatic nitrogens is 3. The number of nitrogens with zero attached hydrogens (tertiary/aromatic N) is 3. The molecule has 0 saturated heterocycles. The van der Waals surface area contributed by atoms with Gasteiger partial charge in [-0.3, -0.25) is 9.13 Å². The normalized spacial score (nSPS) is 13.7. The monoisotopic (exact) mass is 389 g/mol. The van der Waals surface area contributed by atoms with Crippen molar-refractivity contribution < 1.29 is 9.13 Å². The molecular weight excluding hydrogens is 369 g/mol. The average Bonchev–Trinajstić information content (AvgIpc) is 3.53. The van der Waals surface area contributed by atoms with Gasteiger partial charge in [0, 0.05) is 19.8 Å². The molecule has 0 amide bonds. The Morgan fingerprint density at radius 1 is 1.07 bits per heavy atom. The van der Waals surface area contributed by atoms with E-state index in [1.165, 1.54) is 31.2 Å². The third-order valence-electron chi connectivity index (χ3n) is 5.39. The largest absolute Gasteiger partial charge is 0.436 e. The minimum absolute atomic E-state index is 0.0201. The molecule has 0 N–H and O–H groups in total. The van der Waals surface area contributed by atoms with Crippen molar-refractivity contribution in [2.24, 2.45) is 13.0 Å². The highest BCUT2D eigenvalue weighted by atomic mass is 19.1. The Balaban J connectivity index is 1.51. The van der Waals surface area contributed by atoms with Gasteiger partial charge >= 0.3 is 5.69 Å². The maximum atomic E-state index is 13.8. The minimum atomic E-state index is -0.508. The molecular formula is C23H20FN3O2. The van der Waals surface area contributed by atoms with E-state index < -0.39 is 5.82 Å². The van der Waals surface area contributed by atoms with Crippen molar-refractivity contribution in [2.75, 3.05) is 0 Å². The van der Waals surface area contributed by atoms with Crippen LogP contribution >= 0.6 is 0 Å². The number of imidazole rings is 1. The molecule has 2 aromatic heterocycles. The summed E-state index contributed by atoms with van der Waals surface area (Å²) in [6.07, 6.45) is 3.89. The Hall–Kier alpha value is -3.41. The Labute approximate surface area is 167 Å². The second-order valence-electron chi connectivity index (χ2n) is 7.52. The van der Waals surface area contributed by atoms with E-state index >= 15 is 0 Å². The number of hydrogen-bond acceptors (Lipinski definition) is 3. The SMILES string of the molecule is Cn1c(=O)n(CC2CC2)c2ccc(-c3cccc(Oc4ncccc4F)c3)cc21. The zero-order valence-electron chi connectivity index (χ0n) is 16.0. The topological polar surface area (TPSA) is 49.0 Å². The lowest BCUT2D eigenvalue weighted by Crippen LogP contribution is -2.22. The lowest BCUT2D eigenvalue weighted by atomic mass is 10.0. The van der Waals surface area contributed by atoms with Gasteiger partial charge in [-0.2, -0.15) is 0 Å². The van der Waals surface area contributed by atoms with Gasteiger partial charge in [-0.05, 0) is 66.3 Å². The maximum absolute atomic E-state index is 13.8. The van der Waals surface area contributed by atoms with Gasteiger partial charge in [-0.15, -0.1) is 0 Å². The van der Waals surface area contributed by atoms with Gasteiger partial charge in [-0.25, -0.2) is 14.2 Å². The summed E-state index contributed by atoms with van der Waals surface area (Å²) in [7, 11) is 1.81. The highest BCUT2D eigenvalue weighted by Gasteiger charge is 2.24. The summed E-state index contributed by atoms with van der Waals surface area (Å²) < 4.78 is 23.0. The Morgan fingerprint density at radius 3 is 2.69 bits per heavy atom. The average molecular weight is 389 g/mol. The summed E-state index contributed by atoms with van der Waals surface area (Å²) in [4.78, 5) is 16.6. The smallest absolute Gasteiger partial charge is 0.328 e. The Kier molecular flexibility index (Phi) is 4.19. The molecule has 29 heavy (non-hydrogen) atoms. The van der Waals surface area contributed by atoms with Gasteiger partial charge in [0.25, 0.3) is 5.88 Å². The van der Waals surface area contributed by atoms with Crippen LogP contribution in [0.2, 0.25) is 0 Å². The number of ether oxygens (including phenoxy) is 1. The van der Waals surface area contributed by atoms with Crippen molar-refractivity contribution in [3.8, 4) is 22.8 Å². The van der Waals surface area contributed by atoms with E-state index in [0.29, 0.717) is 11.7 Å². The Morgan fingerprint density at radius 2 is 1.90 bits per heavy atom. The summed E-state index contributed by atoms with van der Waals surface area (Å²) in [6, 6.07) is 16.3. The highest BCUT2D eigenvalue weighted by molar-refractivity contribution is 5.83. The quantitative estimate of drug-likeness (QED) is 0.495. The predicted molar refractivity (Wildman–Crippen MR) is 110 cm³/mol. The van der Waals surface area contributed by atoms with Gasteiger partial charge in [0.1, 0.15) is 5.75 Å². The molecule has 1 aliphatic rings. The van der Waals surface area contributed by atoms with E-state index in [2.05, 4.69) is 4.98 Å². The highest BCUT2D eigenvalue weighted by Crippen LogP contribution is 2.32. The molecule has 2 heterocycles. The van der Waals surface area contributed by atoms with Gasteiger partial charge in [0.05, 0.1) is 11.0 Å². The summed E-state index contributed by atoms with van der Waals surface area (Å²) in [5, 5.41) is 0. The molecule has 1 saturated carbocycles. The lowest BCUT2D eigenvalue weighted by molar-refractivity contribution is 0.423. The first-order chi connectivity index (χ1) is 14.1. The molecule has 0 aliphatic heterocycles. The van der Waals surface area contributed by atoms with Crippen molar-refractivity contribution in [2.45, 2.75) is 19.4 Å². The molecule has 4 aromatic rings. The first-order valence-corrected chi connectivity index (χ1v) is 9.68. The number of aryl methyl sites for hydroxylation is 1. The van der Waals surface area contributed by atoms with Crippen LogP contribution < -0.4 is 10.4 Å². The fraction of sp³-hybridized carbons (Fsp3) is 0.217. The van der Waals surface area contributed by atoms with Crippen molar-refractivity contribution >= 4 is 11.0 Å². The van der Waals surface area contributed by atoms with E-state index in [-0.39, 0.29) is 11.6 Å². The molecule has 0 radical (unpaired) electrons. The lowest BCUT2D eigenvalue weighted by Gasteiger charge is -2.08. The number of pyridine rings is 1. The predicted octanol–water partition coefficient (Wildman–Crippen LogP) is 4.74. The van der Waals surface area contributed by atoms with Crippen molar-refractivity contribution in [1.82, 2.24) is 14.1 Å². The van der Waals surface area contributed by atoms with Gasteiger partial charge in [0.15, 0.2) is 5.82 Å². The molecule has 0 bridgehead atoms. The number of benzene rings is 2. The maximum Gasteiger partial charge on any atom is 0.328 e. The zero-order valence-corrected chi connectivity index (χ0v) is 16.0. The fourth-order valence-electron chi connectivity index (χ4n) is 3.62. The van der Waals surface area contributed by atoms with Crippen LogP contribution in [0.25, 0.3) is 22.2 Å². The molecule has 0 spiro atoms. The summed E-state index contributed by atoms with van der Waals surface area (Å²) in [5.41, 5.74) is 3.75. The van der Waals surface area contributed by atoms with Crippen LogP contribution in [0.1, 0.15) is 12.8 Å². The molecule has 5 nitrogen and oxygen atoms in total. The fourth-order valence-corrected chi connectivity index (χ4v) is 3.62. The molecule has 6 heteroatoms. The first kappa shape index (κ1) is 17.7. The summed E-state index contributed by atoms with van der Waals surface area (Å²) in [5.74, 6) is 0.560. The second kappa shape index (κ2) is 6.88. The molecule has 0 atom stereocenters. The first-order valence-electron chi connectivity index (χ1n) is 9.68. The molecule has 5 rings (SSSR count). The van der Waals surface area contributed by atoms with Gasteiger partial charge in [0.2, 0.25) is 0 Å². The van der Waals surface area contributed by atoms with Crippen LogP contribution in [0.15, 0.2) is 65.6 Å². The molecule has 0 unspecified atom stereocenters. The van der Waals surface area contributed by atoms with Crippen molar-refractivity contribution in [3.05, 3.63) is 77.1 Å². The number of fused-ring (bicyclic) bond motifs is 1. The van der Waals surface area contributed by atoms with Crippen molar-refractivity contribution in [3.63, 3.8) is 0 Å². The summed E-state index contributed by atoms with van der Waals surface area (Å²) in [6.45, 7) is 0.786. The minimum Gasteiger partial charge on any atom is -0.436 e. The van der Waals surface area contributed by atoms with E-state index in [4.69, 9.17) is 4.74 Å². The molecule has 2 aromatic carbocycles. The zero-order chi connectivity index (χ0) is 20.0. The third kappa shape index (κ3) is 3.31.